The van der Waals surface area contributed by atoms with Crippen LogP contribution in [0.3, 0.4) is 0 Å². The number of alkyl halides is 3. The zero-order valence-electron chi connectivity index (χ0n) is 18.8. The van der Waals surface area contributed by atoms with Gasteiger partial charge in [0.25, 0.3) is 0 Å². The molecule has 0 aliphatic carbocycles. The molecule has 0 saturated carbocycles. The van der Waals surface area contributed by atoms with Crippen LogP contribution in [0.2, 0.25) is 10.0 Å². The van der Waals surface area contributed by atoms with Crippen molar-refractivity contribution >= 4 is 40.3 Å². The van der Waals surface area contributed by atoms with Gasteiger partial charge in [0.2, 0.25) is 0 Å². The third-order valence-electron chi connectivity index (χ3n) is 5.90. The molecular formula is C25H18Cl2F3NO5. The minimum Gasteiger partial charge on any atom is -0.478 e. The number of nitrogens with zero attached hydrogens (tertiary/aromatic N) is 1. The number of hydrogen-bond acceptors (Lipinski definition) is 4. The average molecular weight is 540 g/mol. The topological polar surface area (TPSA) is 81.7 Å². The predicted molar refractivity (Wildman–Crippen MR) is 129 cm³/mol. The van der Waals surface area contributed by atoms with E-state index in [1.807, 2.05) is 0 Å². The number of rotatable bonds is 6. The highest BCUT2D eigenvalue weighted by Crippen LogP contribution is 2.47. The van der Waals surface area contributed by atoms with Gasteiger partial charge in [-0.3, -0.25) is 4.57 Å². The first-order valence-corrected chi connectivity index (χ1v) is 11.3. The van der Waals surface area contributed by atoms with E-state index in [1.54, 1.807) is 0 Å². The molecular weight excluding hydrogens is 522 g/mol. The fraction of sp³-hybridized carbons (Fsp3) is 0.200. The number of carboxylic acids is 1. The Morgan fingerprint density at radius 1 is 1.03 bits per heavy atom. The molecule has 0 amide bonds. The summed E-state index contributed by atoms with van der Waals surface area (Å²) in [6.07, 6.45) is -4.61. The van der Waals surface area contributed by atoms with E-state index >= 15 is 0 Å². The molecule has 11 heteroatoms. The second-order valence-electron chi connectivity index (χ2n) is 8.19. The van der Waals surface area contributed by atoms with Crippen LogP contribution in [-0.2, 0) is 7.05 Å². The molecule has 188 valence electrons. The van der Waals surface area contributed by atoms with Gasteiger partial charge in [-0.15, -0.1) is 0 Å². The highest BCUT2D eigenvalue weighted by atomic mass is 35.5. The van der Waals surface area contributed by atoms with E-state index in [-0.39, 0.29) is 49.3 Å². The van der Waals surface area contributed by atoms with E-state index < -0.39 is 29.7 Å². The quantitative estimate of drug-likeness (QED) is 0.276. The van der Waals surface area contributed by atoms with Gasteiger partial charge in [0.05, 0.1) is 22.0 Å². The Morgan fingerprint density at radius 2 is 1.67 bits per heavy atom. The predicted octanol–water partition coefficient (Wildman–Crippen LogP) is 7.38. The largest absolute Gasteiger partial charge is 0.478 e. The highest BCUT2D eigenvalue weighted by molar-refractivity contribution is 6.33. The number of fused-ring (bicyclic) bond motifs is 1. The molecule has 0 aliphatic rings. The van der Waals surface area contributed by atoms with Crippen LogP contribution in [0, 0.1) is 0 Å². The Balaban J connectivity index is 1.66. The molecule has 4 rings (SSSR count). The highest BCUT2D eigenvalue weighted by Gasteiger charge is 2.45. The molecule has 0 radical (unpaired) electrons. The smallest absolute Gasteiger partial charge is 0.419 e. The summed E-state index contributed by atoms with van der Waals surface area (Å²) in [5.41, 5.74) is 0.547. The number of aryl methyl sites for hydroxylation is 1. The monoisotopic (exact) mass is 539 g/mol. The molecule has 0 spiro atoms. The summed E-state index contributed by atoms with van der Waals surface area (Å²) in [5.74, 6) is -4.41. The van der Waals surface area contributed by atoms with Crippen LogP contribution in [0.1, 0.15) is 40.2 Å². The maximum Gasteiger partial charge on any atom is 0.419 e. The third-order valence-corrected chi connectivity index (χ3v) is 6.54. The first-order chi connectivity index (χ1) is 16.9. The number of carboxylic acid groups (broad SMARTS) is 1. The number of aromatic nitrogens is 1. The Labute approximate surface area is 212 Å². The fourth-order valence-corrected chi connectivity index (χ4v) is 4.68. The maximum absolute atomic E-state index is 14.3. The van der Waals surface area contributed by atoms with Gasteiger partial charge in [0.15, 0.2) is 5.58 Å². The van der Waals surface area contributed by atoms with Crippen molar-refractivity contribution < 1.29 is 32.2 Å². The minimum atomic E-state index is -4.61. The van der Waals surface area contributed by atoms with Crippen LogP contribution in [0.25, 0.3) is 11.1 Å². The number of halogens is 5. The van der Waals surface area contributed by atoms with Gasteiger partial charge in [-0.2, -0.15) is 13.2 Å². The van der Waals surface area contributed by atoms with Crippen molar-refractivity contribution in [3.63, 3.8) is 0 Å². The van der Waals surface area contributed by atoms with Crippen LogP contribution >= 0.6 is 23.2 Å². The van der Waals surface area contributed by atoms with Gasteiger partial charge >= 0.3 is 17.9 Å². The van der Waals surface area contributed by atoms with E-state index in [1.165, 1.54) is 68.6 Å². The molecule has 0 saturated heterocycles. The van der Waals surface area contributed by atoms with E-state index in [0.29, 0.717) is 0 Å². The molecule has 0 bridgehead atoms. The summed E-state index contributed by atoms with van der Waals surface area (Å²) in [6, 6.07) is 12.2. The van der Waals surface area contributed by atoms with Gasteiger partial charge in [-0.05, 0) is 53.4 Å². The molecule has 1 heterocycles. The molecule has 0 fully saturated rings. The summed E-state index contributed by atoms with van der Waals surface area (Å²) < 4.78 is 54.6. The number of oxazole rings is 1. The maximum atomic E-state index is 14.3. The number of ether oxygens (including phenoxy) is 1. The van der Waals surface area contributed by atoms with Gasteiger partial charge in [0, 0.05) is 18.1 Å². The zero-order chi connectivity index (χ0) is 26.4. The van der Waals surface area contributed by atoms with Crippen LogP contribution in [0.15, 0.2) is 63.8 Å². The van der Waals surface area contributed by atoms with Crippen molar-refractivity contribution in [2.45, 2.75) is 24.9 Å². The standard InChI is InChI=1S/C25H18Cl2F3NO5/c1-12(22(25(28,29)30)13-3-8-21-20(9-13)31(2)24(34)36-21)16-6-4-14(10-18(16)26)35-15-5-7-17(23(32)33)19(27)11-15/h3-12,22H,1-2H3,(H,32,33). The lowest BCUT2D eigenvalue weighted by Crippen LogP contribution is -2.26. The molecule has 4 aromatic rings. The van der Waals surface area contributed by atoms with Crippen molar-refractivity contribution in [1.29, 1.82) is 0 Å². The van der Waals surface area contributed by atoms with Gasteiger partial charge < -0.3 is 14.3 Å². The third kappa shape index (κ3) is 4.94. The summed E-state index contributed by atoms with van der Waals surface area (Å²) in [6.45, 7) is 1.42. The van der Waals surface area contributed by atoms with Crippen molar-refractivity contribution in [1.82, 2.24) is 4.57 Å². The molecule has 36 heavy (non-hydrogen) atoms. The minimum absolute atomic E-state index is 0.0311. The Hall–Kier alpha value is -3.43. The molecule has 0 aliphatic heterocycles. The molecule has 2 atom stereocenters. The summed E-state index contributed by atoms with van der Waals surface area (Å²) in [5, 5.41) is 9.10. The fourth-order valence-electron chi connectivity index (χ4n) is 4.09. The lowest BCUT2D eigenvalue weighted by molar-refractivity contribution is -0.154. The first kappa shape index (κ1) is 25.7. The van der Waals surface area contributed by atoms with Crippen LogP contribution in [-0.4, -0.2) is 21.8 Å². The first-order valence-electron chi connectivity index (χ1n) is 10.5. The van der Waals surface area contributed by atoms with E-state index in [2.05, 4.69) is 0 Å². The van der Waals surface area contributed by atoms with Crippen molar-refractivity contribution in [2.24, 2.45) is 7.05 Å². The van der Waals surface area contributed by atoms with Crippen molar-refractivity contribution in [3.8, 4) is 11.5 Å². The van der Waals surface area contributed by atoms with E-state index in [0.717, 1.165) is 4.57 Å². The molecule has 3 aromatic carbocycles. The summed E-state index contributed by atoms with van der Waals surface area (Å²) in [4.78, 5) is 22.9. The number of benzene rings is 3. The normalized spacial score (nSPS) is 13.5. The number of carbonyl (C=O) groups is 1. The second kappa shape index (κ2) is 9.55. The van der Waals surface area contributed by atoms with Crippen molar-refractivity contribution in [2.75, 3.05) is 0 Å². The SMILES string of the molecule is CC(c1ccc(Oc2ccc(C(=O)O)c(Cl)c2)cc1Cl)C(c1ccc2oc(=O)n(C)c2c1)C(F)(F)F. The zero-order valence-corrected chi connectivity index (χ0v) is 20.3. The Kier molecular flexibility index (Phi) is 6.81. The van der Waals surface area contributed by atoms with E-state index in [4.69, 9.17) is 37.5 Å². The van der Waals surface area contributed by atoms with Gasteiger partial charge in [-0.25, -0.2) is 9.59 Å². The second-order valence-corrected chi connectivity index (χ2v) is 9.01. The summed E-state index contributed by atoms with van der Waals surface area (Å²) >= 11 is 12.3. The van der Waals surface area contributed by atoms with Crippen molar-refractivity contribution in [3.05, 3.63) is 91.9 Å². The lowest BCUT2D eigenvalue weighted by Gasteiger charge is -2.28. The number of aromatic carboxylic acids is 1. The molecule has 1 N–H and O–H groups in total. The Morgan fingerprint density at radius 3 is 2.25 bits per heavy atom. The molecule has 2 unspecified atom stereocenters. The van der Waals surface area contributed by atoms with E-state index in [9.17, 15) is 22.8 Å². The number of hydrogen-bond donors (Lipinski definition) is 1. The van der Waals surface area contributed by atoms with Crippen LogP contribution in [0.4, 0.5) is 13.2 Å². The summed E-state index contributed by atoms with van der Waals surface area (Å²) in [7, 11) is 1.42. The van der Waals surface area contributed by atoms with Crippen LogP contribution in [0.5, 0.6) is 11.5 Å². The molecule has 1 aromatic heterocycles. The lowest BCUT2D eigenvalue weighted by atomic mass is 9.82. The Bertz CT molecular complexity index is 1530. The van der Waals surface area contributed by atoms with Gasteiger partial charge in [0.1, 0.15) is 11.5 Å². The van der Waals surface area contributed by atoms with Crippen LogP contribution < -0.4 is 10.5 Å². The molecule has 6 nitrogen and oxygen atoms in total. The average Bonchev–Trinajstić information content (AvgIpc) is 3.06. The van der Waals surface area contributed by atoms with Gasteiger partial charge in [-0.1, -0.05) is 42.3 Å².